The number of nitrogens with zero attached hydrogens (tertiary/aromatic N) is 3. The van der Waals surface area contributed by atoms with Crippen molar-refractivity contribution in [3.63, 3.8) is 0 Å². The first-order valence-corrected chi connectivity index (χ1v) is 10.0. The third kappa shape index (κ3) is 4.52. The molecule has 0 saturated heterocycles. The number of thioether (sulfide) groups is 1. The second kappa shape index (κ2) is 8.55. The molecule has 0 unspecified atom stereocenters. The molecular formula is C21H14ClFN4OS. The minimum atomic E-state index is -0.306. The highest BCUT2D eigenvalue weighted by atomic mass is 35.5. The first-order chi connectivity index (χ1) is 14.1. The van der Waals surface area contributed by atoms with E-state index in [0.29, 0.717) is 21.6 Å². The Morgan fingerprint density at radius 3 is 2.48 bits per heavy atom. The number of carbonyl (C=O) groups excluding carboxylic acids is 1. The topological polar surface area (TPSA) is 67.8 Å². The molecular weight excluding hydrogens is 411 g/mol. The molecule has 144 valence electrons. The monoisotopic (exact) mass is 424 g/mol. The fourth-order valence-electron chi connectivity index (χ4n) is 2.77. The lowest BCUT2D eigenvalue weighted by Crippen LogP contribution is -2.15. The summed E-state index contributed by atoms with van der Waals surface area (Å²) in [5.41, 5.74) is 1.44. The first-order valence-electron chi connectivity index (χ1n) is 8.66. The minimum absolute atomic E-state index is 0.152. The maximum absolute atomic E-state index is 13.2. The van der Waals surface area contributed by atoms with Gasteiger partial charge in [0.1, 0.15) is 22.4 Å². The lowest BCUT2D eigenvalue weighted by Gasteiger charge is -2.09. The van der Waals surface area contributed by atoms with Crippen LogP contribution in [0.3, 0.4) is 0 Å². The number of amides is 1. The van der Waals surface area contributed by atoms with Crippen molar-refractivity contribution in [2.45, 2.75) is 5.03 Å². The molecule has 0 aliphatic rings. The van der Waals surface area contributed by atoms with Gasteiger partial charge in [-0.05, 0) is 36.4 Å². The molecule has 2 heterocycles. The van der Waals surface area contributed by atoms with Crippen molar-refractivity contribution in [2.24, 2.45) is 0 Å². The number of carbonyl (C=O) groups is 1. The second-order valence-corrected chi connectivity index (χ2v) is 7.51. The standard InChI is InChI=1S/C21H14ClFN4OS/c22-14-7-10-18(24-11-14)25-19(28)12-29-21-17-4-2-1-3-16(17)20(26-27-21)13-5-8-15(23)9-6-13/h1-11H,12H2,(H,24,25,28). The number of benzene rings is 2. The van der Waals surface area contributed by atoms with Crippen molar-refractivity contribution < 1.29 is 9.18 Å². The Morgan fingerprint density at radius 2 is 1.76 bits per heavy atom. The van der Waals surface area contributed by atoms with Crippen molar-refractivity contribution in [2.75, 3.05) is 11.1 Å². The van der Waals surface area contributed by atoms with Crippen LogP contribution in [0, 0.1) is 5.82 Å². The molecule has 0 fully saturated rings. The van der Waals surface area contributed by atoms with E-state index in [4.69, 9.17) is 11.6 Å². The fourth-order valence-corrected chi connectivity index (χ4v) is 3.65. The molecule has 1 amide bonds. The van der Waals surface area contributed by atoms with Crippen LogP contribution in [-0.4, -0.2) is 26.8 Å². The molecule has 0 bridgehead atoms. The fraction of sp³-hybridized carbons (Fsp3) is 0.0476. The quantitative estimate of drug-likeness (QED) is 0.445. The van der Waals surface area contributed by atoms with E-state index in [1.807, 2.05) is 24.3 Å². The zero-order chi connectivity index (χ0) is 20.2. The largest absolute Gasteiger partial charge is 0.310 e. The number of pyridine rings is 1. The van der Waals surface area contributed by atoms with Gasteiger partial charge in [0.05, 0.1) is 10.8 Å². The van der Waals surface area contributed by atoms with Crippen LogP contribution in [0.1, 0.15) is 0 Å². The van der Waals surface area contributed by atoms with E-state index in [-0.39, 0.29) is 17.5 Å². The SMILES string of the molecule is O=C(CSc1nnc(-c2ccc(F)cc2)c2ccccc12)Nc1ccc(Cl)cn1. The van der Waals surface area contributed by atoms with E-state index in [0.717, 1.165) is 16.3 Å². The number of aromatic nitrogens is 3. The molecule has 4 aromatic rings. The highest BCUT2D eigenvalue weighted by molar-refractivity contribution is 8.00. The Labute approximate surface area is 175 Å². The molecule has 5 nitrogen and oxygen atoms in total. The van der Waals surface area contributed by atoms with Gasteiger partial charge in [-0.2, -0.15) is 0 Å². The summed E-state index contributed by atoms with van der Waals surface area (Å²) < 4.78 is 13.2. The van der Waals surface area contributed by atoms with Crippen molar-refractivity contribution in [1.82, 2.24) is 15.2 Å². The van der Waals surface area contributed by atoms with Gasteiger partial charge in [-0.15, -0.1) is 10.2 Å². The molecule has 0 aliphatic carbocycles. The Hall–Kier alpha value is -3.03. The van der Waals surface area contributed by atoms with Crippen LogP contribution in [0.5, 0.6) is 0 Å². The normalized spacial score (nSPS) is 10.8. The Kier molecular flexibility index (Phi) is 5.69. The molecule has 2 aromatic heterocycles. The van der Waals surface area contributed by atoms with Crippen LogP contribution >= 0.6 is 23.4 Å². The average Bonchev–Trinajstić information content (AvgIpc) is 2.74. The first kappa shape index (κ1) is 19.3. The molecule has 1 N–H and O–H groups in total. The number of anilines is 1. The summed E-state index contributed by atoms with van der Waals surface area (Å²) in [6.45, 7) is 0. The molecule has 0 saturated carbocycles. The molecule has 2 aromatic carbocycles. The molecule has 0 aliphatic heterocycles. The molecule has 0 atom stereocenters. The van der Waals surface area contributed by atoms with Crippen LogP contribution in [0.4, 0.5) is 10.2 Å². The number of fused-ring (bicyclic) bond motifs is 1. The van der Waals surface area contributed by atoms with Gasteiger partial charge in [-0.3, -0.25) is 4.79 Å². The highest BCUT2D eigenvalue weighted by Crippen LogP contribution is 2.31. The van der Waals surface area contributed by atoms with Crippen molar-refractivity contribution >= 4 is 45.9 Å². The minimum Gasteiger partial charge on any atom is -0.310 e. The summed E-state index contributed by atoms with van der Waals surface area (Å²) >= 11 is 7.08. The number of hydrogen-bond acceptors (Lipinski definition) is 5. The lowest BCUT2D eigenvalue weighted by molar-refractivity contribution is -0.113. The Morgan fingerprint density at radius 1 is 1.00 bits per heavy atom. The second-order valence-electron chi connectivity index (χ2n) is 6.10. The molecule has 29 heavy (non-hydrogen) atoms. The van der Waals surface area contributed by atoms with Crippen molar-refractivity contribution in [3.05, 3.63) is 77.7 Å². The maximum Gasteiger partial charge on any atom is 0.235 e. The summed E-state index contributed by atoms with van der Waals surface area (Å²) in [5.74, 6) is 0.0686. The van der Waals surface area contributed by atoms with Gasteiger partial charge in [-0.25, -0.2) is 9.37 Å². The van der Waals surface area contributed by atoms with E-state index in [9.17, 15) is 9.18 Å². The zero-order valence-corrected chi connectivity index (χ0v) is 16.5. The van der Waals surface area contributed by atoms with Gasteiger partial charge in [0, 0.05) is 22.5 Å². The van der Waals surface area contributed by atoms with Crippen LogP contribution in [0.25, 0.3) is 22.0 Å². The molecule has 4 rings (SSSR count). The third-order valence-corrected chi connectivity index (χ3v) is 5.31. The number of hydrogen-bond donors (Lipinski definition) is 1. The smallest absolute Gasteiger partial charge is 0.235 e. The zero-order valence-electron chi connectivity index (χ0n) is 15.0. The Balaban J connectivity index is 1.55. The summed E-state index contributed by atoms with van der Waals surface area (Å²) in [5, 5.41) is 14.3. The van der Waals surface area contributed by atoms with Gasteiger partial charge in [0.25, 0.3) is 0 Å². The van der Waals surface area contributed by atoms with Crippen LogP contribution in [0.2, 0.25) is 5.02 Å². The van der Waals surface area contributed by atoms with Gasteiger partial charge in [0.2, 0.25) is 5.91 Å². The number of nitrogens with one attached hydrogen (secondary N) is 1. The maximum atomic E-state index is 13.2. The summed E-state index contributed by atoms with van der Waals surface area (Å²) in [6, 6.07) is 17.1. The number of rotatable bonds is 5. The number of halogens is 2. The lowest BCUT2D eigenvalue weighted by atomic mass is 10.1. The van der Waals surface area contributed by atoms with Crippen LogP contribution in [0.15, 0.2) is 71.9 Å². The highest BCUT2D eigenvalue weighted by Gasteiger charge is 2.13. The predicted molar refractivity (Wildman–Crippen MR) is 114 cm³/mol. The summed E-state index contributed by atoms with van der Waals surface area (Å²) in [4.78, 5) is 16.3. The van der Waals surface area contributed by atoms with Gasteiger partial charge < -0.3 is 5.32 Å². The van der Waals surface area contributed by atoms with E-state index >= 15 is 0 Å². The molecule has 0 radical (unpaired) electrons. The van der Waals surface area contributed by atoms with Gasteiger partial charge in [-0.1, -0.05) is 47.6 Å². The molecule has 0 spiro atoms. The summed E-state index contributed by atoms with van der Waals surface area (Å²) in [6.07, 6.45) is 1.47. The summed E-state index contributed by atoms with van der Waals surface area (Å²) in [7, 11) is 0. The van der Waals surface area contributed by atoms with E-state index in [1.165, 1.54) is 30.1 Å². The van der Waals surface area contributed by atoms with E-state index in [2.05, 4.69) is 20.5 Å². The van der Waals surface area contributed by atoms with E-state index in [1.54, 1.807) is 24.3 Å². The van der Waals surface area contributed by atoms with Crippen molar-refractivity contribution in [3.8, 4) is 11.3 Å². The third-order valence-electron chi connectivity index (χ3n) is 4.11. The van der Waals surface area contributed by atoms with Gasteiger partial charge >= 0.3 is 0 Å². The predicted octanol–water partition coefficient (Wildman–Crippen LogP) is 5.22. The van der Waals surface area contributed by atoms with E-state index < -0.39 is 0 Å². The van der Waals surface area contributed by atoms with Crippen LogP contribution < -0.4 is 5.32 Å². The van der Waals surface area contributed by atoms with Crippen LogP contribution in [-0.2, 0) is 4.79 Å². The molecule has 8 heteroatoms. The van der Waals surface area contributed by atoms with Crippen molar-refractivity contribution in [1.29, 1.82) is 0 Å². The van der Waals surface area contributed by atoms with Gasteiger partial charge in [0.15, 0.2) is 0 Å². The Bertz CT molecular complexity index is 1170. The average molecular weight is 425 g/mol.